The molecule has 0 atom stereocenters. The normalized spacial score (nSPS) is 11.0. The molecule has 2 heterocycles. The minimum atomic E-state index is -0.0665. The Morgan fingerprint density at radius 3 is 2.93 bits per heavy atom. The Labute approximate surface area is 167 Å². The van der Waals surface area contributed by atoms with E-state index in [-0.39, 0.29) is 5.91 Å². The van der Waals surface area contributed by atoms with Crippen LogP contribution in [0.15, 0.2) is 72.4 Å². The number of nitrogens with zero attached hydrogens (tertiary/aromatic N) is 4. The molecule has 0 aliphatic carbocycles. The van der Waals surface area contributed by atoms with Gasteiger partial charge in [0.25, 0.3) is 5.91 Å². The van der Waals surface area contributed by atoms with Gasteiger partial charge in [0.1, 0.15) is 0 Å². The molecule has 0 radical (unpaired) electrons. The molecule has 0 aliphatic heterocycles. The van der Waals surface area contributed by atoms with Gasteiger partial charge >= 0.3 is 0 Å². The van der Waals surface area contributed by atoms with Crippen molar-refractivity contribution in [3.8, 4) is 5.69 Å². The number of nitrogens with one attached hydrogen (secondary N) is 1. The fourth-order valence-corrected chi connectivity index (χ4v) is 3.71. The number of thioether (sulfide) groups is 1. The van der Waals surface area contributed by atoms with Crippen LogP contribution in [-0.2, 0) is 6.54 Å². The van der Waals surface area contributed by atoms with E-state index in [0.717, 1.165) is 34.8 Å². The summed E-state index contributed by atoms with van der Waals surface area (Å²) in [6, 6.07) is 15.7. The molecule has 1 N–H and O–H groups in total. The summed E-state index contributed by atoms with van der Waals surface area (Å²) in [5, 5.41) is 3.90. The molecule has 0 fully saturated rings. The lowest BCUT2D eigenvalue weighted by Gasteiger charge is -2.09. The van der Waals surface area contributed by atoms with Crippen molar-refractivity contribution in [2.24, 2.45) is 0 Å². The SMILES string of the molecule is CSc1nccn1-c1cccc(C(=O)NCCCn2cnc3ccccc32)c1. The zero-order chi connectivity index (χ0) is 19.3. The Balaban J connectivity index is 1.36. The van der Waals surface area contributed by atoms with Crippen LogP contribution in [0.5, 0.6) is 0 Å². The highest BCUT2D eigenvalue weighted by molar-refractivity contribution is 7.98. The van der Waals surface area contributed by atoms with Gasteiger partial charge in [0.15, 0.2) is 5.16 Å². The van der Waals surface area contributed by atoms with Gasteiger partial charge in [0.05, 0.1) is 17.4 Å². The van der Waals surface area contributed by atoms with E-state index in [1.54, 1.807) is 18.0 Å². The molecule has 0 saturated heterocycles. The van der Waals surface area contributed by atoms with Gasteiger partial charge in [-0.2, -0.15) is 0 Å². The fraction of sp³-hybridized carbons (Fsp3) is 0.190. The summed E-state index contributed by atoms with van der Waals surface area (Å²) in [6.07, 6.45) is 8.34. The van der Waals surface area contributed by atoms with E-state index >= 15 is 0 Å². The van der Waals surface area contributed by atoms with Crippen molar-refractivity contribution in [1.82, 2.24) is 24.4 Å². The average Bonchev–Trinajstić information content (AvgIpc) is 3.38. The highest BCUT2D eigenvalue weighted by Gasteiger charge is 2.09. The van der Waals surface area contributed by atoms with Gasteiger partial charge in [-0.25, -0.2) is 9.97 Å². The third-order valence-electron chi connectivity index (χ3n) is 4.56. The molecule has 6 nitrogen and oxygen atoms in total. The van der Waals surface area contributed by atoms with Crippen molar-refractivity contribution in [3.05, 3.63) is 72.8 Å². The molecular formula is C21H21N5OS. The second-order valence-corrected chi connectivity index (χ2v) is 7.14. The summed E-state index contributed by atoms with van der Waals surface area (Å²) in [5.74, 6) is -0.0665. The summed E-state index contributed by atoms with van der Waals surface area (Å²) in [5.41, 5.74) is 3.68. The van der Waals surface area contributed by atoms with Crippen molar-refractivity contribution in [1.29, 1.82) is 0 Å². The second-order valence-electron chi connectivity index (χ2n) is 6.37. The standard InChI is InChI=1S/C21H21N5OS/c1-28-21-23-11-13-26(21)17-7-4-6-16(14-17)20(27)22-10-5-12-25-15-24-18-8-2-3-9-19(18)25/h2-4,6-9,11,13-15H,5,10,12H2,1H3,(H,22,27). The van der Waals surface area contributed by atoms with Crippen molar-refractivity contribution < 1.29 is 4.79 Å². The molecule has 0 bridgehead atoms. The molecular weight excluding hydrogens is 370 g/mol. The van der Waals surface area contributed by atoms with Crippen LogP contribution in [0, 0.1) is 0 Å². The molecule has 7 heteroatoms. The number of carbonyl (C=O) groups excluding carboxylic acids is 1. The van der Waals surface area contributed by atoms with Crippen LogP contribution in [0.1, 0.15) is 16.8 Å². The van der Waals surface area contributed by atoms with Crippen molar-refractivity contribution in [2.75, 3.05) is 12.8 Å². The quantitative estimate of drug-likeness (QED) is 0.385. The third kappa shape index (κ3) is 3.80. The van der Waals surface area contributed by atoms with E-state index in [1.807, 2.05) is 65.8 Å². The zero-order valence-corrected chi connectivity index (χ0v) is 16.4. The Hall–Kier alpha value is -3.06. The van der Waals surface area contributed by atoms with Gasteiger partial charge in [-0.05, 0) is 43.0 Å². The molecule has 28 heavy (non-hydrogen) atoms. The largest absolute Gasteiger partial charge is 0.352 e. The van der Waals surface area contributed by atoms with Crippen LogP contribution in [0.4, 0.5) is 0 Å². The van der Waals surface area contributed by atoms with E-state index in [1.165, 1.54) is 0 Å². The van der Waals surface area contributed by atoms with Gasteiger partial charge < -0.3 is 9.88 Å². The fourth-order valence-electron chi connectivity index (χ4n) is 3.18. The highest BCUT2D eigenvalue weighted by atomic mass is 32.2. The lowest BCUT2D eigenvalue weighted by atomic mass is 10.2. The van der Waals surface area contributed by atoms with Crippen LogP contribution >= 0.6 is 11.8 Å². The molecule has 0 spiro atoms. The summed E-state index contributed by atoms with van der Waals surface area (Å²) >= 11 is 1.57. The number of para-hydroxylation sites is 2. The van der Waals surface area contributed by atoms with E-state index in [2.05, 4.69) is 25.9 Å². The first-order valence-electron chi connectivity index (χ1n) is 9.12. The Morgan fingerprint density at radius 1 is 1.14 bits per heavy atom. The first kappa shape index (κ1) is 18.3. The maximum Gasteiger partial charge on any atom is 0.251 e. The monoisotopic (exact) mass is 391 g/mol. The van der Waals surface area contributed by atoms with Gasteiger partial charge in [0.2, 0.25) is 0 Å². The van der Waals surface area contributed by atoms with E-state index in [9.17, 15) is 4.79 Å². The topological polar surface area (TPSA) is 64.7 Å². The first-order chi connectivity index (χ1) is 13.8. The molecule has 1 amide bonds. The van der Waals surface area contributed by atoms with Crippen LogP contribution in [-0.4, -0.2) is 37.8 Å². The molecule has 0 aliphatic rings. The zero-order valence-electron chi connectivity index (χ0n) is 15.6. The first-order valence-corrected chi connectivity index (χ1v) is 10.3. The lowest BCUT2D eigenvalue weighted by Crippen LogP contribution is -2.25. The Morgan fingerprint density at radius 2 is 2.04 bits per heavy atom. The number of carbonyl (C=O) groups is 1. The van der Waals surface area contributed by atoms with Gasteiger partial charge in [-0.15, -0.1) is 0 Å². The number of aromatic nitrogens is 4. The molecule has 2 aromatic heterocycles. The minimum Gasteiger partial charge on any atom is -0.352 e. The molecule has 4 aromatic rings. The molecule has 2 aromatic carbocycles. The third-order valence-corrected chi connectivity index (χ3v) is 5.23. The number of imidazole rings is 2. The number of hydrogen-bond donors (Lipinski definition) is 1. The van der Waals surface area contributed by atoms with Gasteiger partial charge in [-0.3, -0.25) is 9.36 Å². The molecule has 142 valence electrons. The number of amides is 1. The molecule has 0 saturated carbocycles. The van der Waals surface area contributed by atoms with E-state index in [0.29, 0.717) is 12.1 Å². The number of rotatable bonds is 7. The number of fused-ring (bicyclic) bond motifs is 1. The Bertz CT molecular complexity index is 1100. The number of benzene rings is 2. The highest BCUT2D eigenvalue weighted by Crippen LogP contribution is 2.19. The summed E-state index contributed by atoms with van der Waals surface area (Å²) in [6.45, 7) is 1.42. The minimum absolute atomic E-state index is 0.0665. The van der Waals surface area contributed by atoms with Crippen LogP contribution < -0.4 is 5.32 Å². The average molecular weight is 392 g/mol. The maximum absolute atomic E-state index is 12.5. The van der Waals surface area contributed by atoms with E-state index < -0.39 is 0 Å². The summed E-state index contributed by atoms with van der Waals surface area (Å²) < 4.78 is 4.09. The van der Waals surface area contributed by atoms with Crippen molar-refractivity contribution >= 4 is 28.7 Å². The Kier molecular flexibility index (Phi) is 5.43. The summed E-state index contributed by atoms with van der Waals surface area (Å²) in [7, 11) is 0. The predicted octanol–water partition coefficient (Wildman–Crippen LogP) is 3.76. The van der Waals surface area contributed by atoms with Crippen LogP contribution in [0.2, 0.25) is 0 Å². The molecule has 0 unspecified atom stereocenters. The number of hydrogen-bond acceptors (Lipinski definition) is 4. The maximum atomic E-state index is 12.5. The van der Waals surface area contributed by atoms with Gasteiger partial charge in [-0.1, -0.05) is 30.0 Å². The van der Waals surface area contributed by atoms with Gasteiger partial charge in [0, 0.05) is 36.7 Å². The number of aryl methyl sites for hydroxylation is 1. The van der Waals surface area contributed by atoms with E-state index in [4.69, 9.17) is 0 Å². The smallest absolute Gasteiger partial charge is 0.251 e. The van der Waals surface area contributed by atoms with Crippen LogP contribution in [0.25, 0.3) is 16.7 Å². The predicted molar refractivity (Wildman–Crippen MR) is 112 cm³/mol. The van der Waals surface area contributed by atoms with Crippen LogP contribution in [0.3, 0.4) is 0 Å². The second kappa shape index (κ2) is 8.31. The van der Waals surface area contributed by atoms with Crippen molar-refractivity contribution in [2.45, 2.75) is 18.1 Å². The molecule has 4 rings (SSSR count). The van der Waals surface area contributed by atoms with Crippen molar-refractivity contribution in [3.63, 3.8) is 0 Å². The lowest BCUT2D eigenvalue weighted by molar-refractivity contribution is 0.0952. The summed E-state index contributed by atoms with van der Waals surface area (Å²) in [4.78, 5) is 21.2.